The molecule has 0 unspecified atom stereocenters. The number of ether oxygens (including phenoxy) is 7. The maximum Gasteiger partial charge on any atom is 0.0704 e. The summed E-state index contributed by atoms with van der Waals surface area (Å²) in [5.74, 6) is 0. The van der Waals surface area contributed by atoms with Crippen LogP contribution in [0, 0.1) is 0 Å². The molecule has 0 aromatic rings. The first-order chi connectivity index (χ1) is 14.2. The monoisotopic (exact) mass is 488 g/mol. The first-order valence-electron chi connectivity index (χ1n) is 9.50. The fourth-order valence-corrected chi connectivity index (χ4v) is 1.28. The molecule has 0 radical (unpaired) electrons. The van der Waals surface area contributed by atoms with Crippen LogP contribution in [0.15, 0.2) is 25.3 Å². The highest BCUT2D eigenvalue weighted by Gasteiger charge is 1.90. The Labute approximate surface area is 185 Å². The summed E-state index contributed by atoms with van der Waals surface area (Å²) in [6, 6.07) is 0. The highest BCUT2D eigenvalue weighted by Crippen LogP contribution is 1.82. The molecule has 0 aliphatic heterocycles. The minimum atomic E-state index is 0.0675. The van der Waals surface area contributed by atoms with Gasteiger partial charge in [0.1, 0.15) is 0 Å². The van der Waals surface area contributed by atoms with Crippen LogP contribution < -0.4 is 0 Å². The number of aliphatic hydroxyl groups is 1. The van der Waals surface area contributed by atoms with E-state index in [0.717, 1.165) is 5.33 Å². The van der Waals surface area contributed by atoms with Crippen molar-refractivity contribution in [1.29, 1.82) is 0 Å². The second-order valence-corrected chi connectivity index (χ2v) is 5.61. The molecule has 0 fully saturated rings. The van der Waals surface area contributed by atoms with Crippen molar-refractivity contribution < 1.29 is 38.3 Å². The first kappa shape index (κ1) is 33.3. The predicted molar refractivity (Wildman–Crippen MR) is 119 cm³/mol. The predicted octanol–water partition coefficient (Wildman–Crippen LogP) is 2.09. The molecule has 0 aliphatic carbocycles. The summed E-state index contributed by atoms with van der Waals surface area (Å²) in [5.41, 5.74) is 0. The lowest BCUT2D eigenvalue weighted by Crippen LogP contribution is -2.11. The van der Waals surface area contributed by atoms with Crippen LogP contribution in [0.5, 0.6) is 0 Å². The molecule has 0 saturated carbocycles. The molecule has 0 aliphatic rings. The van der Waals surface area contributed by atoms with Gasteiger partial charge in [0, 0.05) is 19.5 Å². The number of rotatable bonds is 20. The maximum absolute atomic E-state index is 8.32. The van der Waals surface area contributed by atoms with E-state index in [2.05, 4.69) is 29.1 Å². The van der Waals surface area contributed by atoms with E-state index in [4.69, 9.17) is 38.3 Å². The second kappa shape index (κ2) is 38.3. The number of allylic oxidation sites excluding steroid dienone is 1. The Morgan fingerprint density at radius 1 is 0.621 bits per heavy atom. The van der Waals surface area contributed by atoms with Gasteiger partial charge in [-0.25, -0.2) is 0 Å². The third-order valence-electron chi connectivity index (χ3n) is 2.56. The lowest BCUT2D eigenvalue weighted by atomic mass is 10.6. The summed E-state index contributed by atoms with van der Waals surface area (Å²) in [7, 11) is 3.28. The van der Waals surface area contributed by atoms with Crippen LogP contribution in [0.25, 0.3) is 0 Å². The summed E-state index contributed by atoms with van der Waals surface area (Å²) in [6.45, 7) is 13.9. The Kier molecular flexibility index (Phi) is 43.9. The number of hydrogen-bond acceptors (Lipinski definition) is 8. The van der Waals surface area contributed by atoms with Crippen molar-refractivity contribution in [3.05, 3.63) is 25.3 Å². The van der Waals surface area contributed by atoms with Crippen LogP contribution in [-0.4, -0.2) is 111 Å². The summed E-state index contributed by atoms with van der Waals surface area (Å²) in [6.07, 6.45) is 3.51. The van der Waals surface area contributed by atoms with Crippen molar-refractivity contribution in [2.45, 2.75) is 0 Å². The van der Waals surface area contributed by atoms with Gasteiger partial charge in [0.15, 0.2) is 0 Å². The molecule has 1 N–H and O–H groups in total. The Bertz CT molecular complexity index is 275. The molecule has 0 atom stereocenters. The van der Waals surface area contributed by atoms with Gasteiger partial charge in [-0.15, -0.1) is 13.2 Å². The van der Waals surface area contributed by atoms with Gasteiger partial charge in [0.25, 0.3) is 0 Å². The number of hydrogen-bond donors (Lipinski definition) is 1. The van der Waals surface area contributed by atoms with E-state index >= 15 is 0 Å². The lowest BCUT2D eigenvalue weighted by molar-refractivity contribution is 0.00709. The van der Waals surface area contributed by atoms with Crippen LogP contribution in [-0.2, 0) is 33.2 Å². The fourth-order valence-electron chi connectivity index (χ4n) is 1.28. The second-order valence-electron chi connectivity index (χ2n) is 4.97. The van der Waals surface area contributed by atoms with Crippen LogP contribution in [0.4, 0.5) is 0 Å². The van der Waals surface area contributed by atoms with E-state index in [9.17, 15) is 0 Å². The van der Waals surface area contributed by atoms with Crippen molar-refractivity contribution in [3.8, 4) is 0 Å². The van der Waals surface area contributed by atoms with Crippen molar-refractivity contribution in [3.63, 3.8) is 0 Å². The number of methoxy groups -OCH3 is 2. The Balaban J connectivity index is -0.000000401. The topological polar surface area (TPSA) is 84.8 Å². The summed E-state index contributed by atoms with van der Waals surface area (Å²) in [5, 5.41) is 9.22. The largest absolute Gasteiger partial charge is 0.394 e. The third-order valence-corrected chi connectivity index (χ3v) is 3.02. The van der Waals surface area contributed by atoms with Crippen molar-refractivity contribution in [2.75, 3.05) is 105 Å². The fraction of sp³-hybridized carbons (Fsp3) is 0.800. The number of alkyl halides is 1. The van der Waals surface area contributed by atoms with Crippen molar-refractivity contribution >= 4 is 15.9 Å². The maximum atomic E-state index is 8.32. The molecule has 176 valence electrons. The quantitative estimate of drug-likeness (QED) is 0.158. The van der Waals surface area contributed by atoms with E-state index in [1.54, 1.807) is 26.4 Å². The molecule has 0 aromatic heterocycles. The molecular formula is C20H41BrO8. The zero-order chi connectivity index (χ0) is 22.3. The highest BCUT2D eigenvalue weighted by atomic mass is 79.9. The minimum Gasteiger partial charge on any atom is -0.394 e. The summed E-state index contributed by atoms with van der Waals surface area (Å²) in [4.78, 5) is 0. The molecule has 0 saturated heterocycles. The highest BCUT2D eigenvalue weighted by molar-refractivity contribution is 9.09. The Morgan fingerprint density at radius 2 is 0.966 bits per heavy atom. The molecule has 0 rings (SSSR count). The van der Waals surface area contributed by atoms with Crippen LogP contribution in [0.1, 0.15) is 0 Å². The van der Waals surface area contributed by atoms with Gasteiger partial charge < -0.3 is 38.3 Å². The van der Waals surface area contributed by atoms with Crippen LogP contribution >= 0.6 is 15.9 Å². The molecule has 8 nitrogen and oxygen atoms in total. The van der Waals surface area contributed by atoms with Gasteiger partial charge in [-0.05, 0) is 0 Å². The minimum absolute atomic E-state index is 0.0675. The average molecular weight is 489 g/mol. The van der Waals surface area contributed by atoms with Gasteiger partial charge in [0.2, 0.25) is 0 Å². The van der Waals surface area contributed by atoms with Gasteiger partial charge in [-0.3, -0.25) is 0 Å². The summed E-state index contributed by atoms with van der Waals surface area (Å²) >= 11 is 3.13. The average Bonchev–Trinajstić information content (AvgIpc) is 2.75. The van der Waals surface area contributed by atoms with Gasteiger partial charge >= 0.3 is 0 Å². The standard InChI is InChI=1S/C10H20O4.C7H16O4.C3H5Br/c1-3-4-12-7-8-14-10-9-13-6-5-11-2;1-9-4-5-11-7-6-10-3-2-8;1-2-3-4/h3H,1,4-10H2,2H3;8H,2-7H2,1H3;2H,1,3H2. The van der Waals surface area contributed by atoms with Crippen molar-refractivity contribution in [2.24, 2.45) is 0 Å². The van der Waals surface area contributed by atoms with Gasteiger partial charge in [-0.2, -0.15) is 0 Å². The zero-order valence-corrected chi connectivity index (χ0v) is 19.7. The Hall–Kier alpha value is -0.360. The number of halogens is 1. The van der Waals surface area contributed by atoms with Gasteiger partial charge in [0.05, 0.1) is 85.9 Å². The third kappa shape index (κ3) is 47.1. The molecule has 9 heteroatoms. The zero-order valence-electron chi connectivity index (χ0n) is 18.2. The lowest BCUT2D eigenvalue weighted by Gasteiger charge is -2.05. The molecular weight excluding hydrogens is 448 g/mol. The molecule has 0 spiro atoms. The Morgan fingerprint density at radius 3 is 1.28 bits per heavy atom. The summed E-state index contributed by atoms with van der Waals surface area (Å²) < 4.78 is 35.2. The SMILES string of the molecule is C=CCBr.C=CCOCCOCCOCCOC.COCCOCCOCCO. The van der Waals surface area contributed by atoms with Crippen LogP contribution in [0.3, 0.4) is 0 Å². The molecule has 29 heavy (non-hydrogen) atoms. The van der Waals surface area contributed by atoms with E-state index in [1.165, 1.54) is 0 Å². The van der Waals surface area contributed by atoms with E-state index in [0.29, 0.717) is 79.3 Å². The molecule has 0 aromatic carbocycles. The molecule has 0 amide bonds. The molecule has 0 bridgehead atoms. The van der Waals surface area contributed by atoms with Crippen molar-refractivity contribution in [1.82, 2.24) is 0 Å². The smallest absolute Gasteiger partial charge is 0.0704 e. The van der Waals surface area contributed by atoms with Gasteiger partial charge in [-0.1, -0.05) is 28.1 Å². The number of aliphatic hydroxyl groups excluding tert-OH is 1. The van der Waals surface area contributed by atoms with E-state index < -0.39 is 0 Å². The molecule has 0 heterocycles. The first-order valence-corrected chi connectivity index (χ1v) is 10.6. The normalized spacial score (nSPS) is 9.79. The van der Waals surface area contributed by atoms with E-state index in [-0.39, 0.29) is 6.61 Å². The van der Waals surface area contributed by atoms with E-state index in [1.807, 2.05) is 0 Å². The van der Waals surface area contributed by atoms with Crippen LogP contribution in [0.2, 0.25) is 0 Å².